The third-order valence-corrected chi connectivity index (χ3v) is 1.35. The minimum absolute atomic E-state index is 0. The van der Waals surface area contributed by atoms with Gasteiger partial charge in [-0.1, -0.05) is 0 Å². The second-order valence-electron chi connectivity index (χ2n) is 2.61. The van der Waals surface area contributed by atoms with Gasteiger partial charge in [0.05, 0.1) is 24.8 Å². The van der Waals surface area contributed by atoms with Gasteiger partial charge in [-0.3, -0.25) is 0 Å². The molecular weight excluding hydrogens is 294 g/mol. The summed E-state index contributed by atoms with van der Waals surface area (Å²) in [4.78, 5) is 1.65. The zero-order valence-corrected chi connectivity index (χ0v) is 10.9. The van der Waals surface area contributed by atoms with Gasteiger partial charge in [0.2, 0.25) is 0 Å². The number of rotatable bonds is 4. The first-order valence-corrected chi connectivity index (χ1v) is 4.55. The smallest absolute Gasteiger partial charge is 0.858 e. The van der Waals surface area contributed by atoms with Crippen LogP contribution in [-0.4, -0.2) is 34.5 Å². The van der Waals surface area contributed by atoms with E-state index >= 15 is 0 Å². The SMILES string of the molecule is [O-]B([O-])On1cccn1.[O-]B([O-])On1cccn1.[Ti+4]. The van der Waals surface area contributed by atoms with Gasteiger partial charge >= 0.3 is 21.7 Å². The second kappa shape index (κ2) is 9.61. The molecule has 2 aromatic heterocycles. The molecule has 0 amide bonds. The van der Waals surface area contributed by atoms with Crippen LogP contribution in [0.5, 0.6) is 0 Å². The molecule has 0 aliphatic rings. The summed E-state index contributed by atoms with van der Waals surface area (Å²) in [5.74, 6) is 0. The van der Waals surface area contributed by atoms with E-state index in [0.717, 1.165) is 9.69 Å². The molecule has 0 aliphatic heterocycles. The molecule has 0 spiro atoms. The molecule has 13 heteroatoms. The van der Waals surface area contributed by atoms with E-state index in [2.05, 4.69) is 19.7 Å². The summed E-state index contributed by atoms with van der Waals surface area (Å²) in [6.07, 6.45) is 5.54. The van der Waals surface area contributed by atoms with Crippen molar-refractivity contribution in [1.29, 1.82) is 0 Å². The molecule has 2 aromatic rings. The molecule has 96 valence electrons. The first-order chi connectivity index (χ1) is 8.58. The molecule has 0 aromatic carbocycles. The van der Waals surface area contributed by atoms with Gasteiger partial charge in [-0.15, -0.1) is 19.9 Å². The van der Waals surface area contributed by atoms with Crippen molar-refractivity contribution in [3.63, 3.8) is 0 Å². The van der Waals surface area contributed by atoms with Gasteiger partial charge in [-0.05, 0) is 12.1 Å². The van der Waals surface area contributed by atoms with Crippen LogP contribution in [0.1, 0.15) is 0 Å². The van der Waals surface area contributed by atoms with E-state index in [-0.39, 0.29) is 21.7 Å². The minimum Gasteiger partial charge on any atom is -0.858 e. The van der Waals surface area contributed by atoms with Gasteiger partial charge in [-0.2, -0.15) is 0 Å². The minimum atomic E-state index is -2.31. The van der Waals surface area contributed by atoms with E-state index < -0.39 is 14.6 Å². The van der Waals surface area contributed by atoms with Crippen LogP contribution in [0.3, 0.4) is 0 Å². The van der Waals surface area contributed by atoms with Gasteiger partial charge in [0, 0.05) is 0 Å². The Balaban J connectivity index is 0.000000324. The van der Waals surface area contributed by atoms with Crippen molar-refractivity contribution in [1.82, 2.24) is 19.9 Å². The van der Waals surface area contributed by atoms with Crippen molar-refractivity contribution in [2.45, 2.75) is 0 Å². The fourth-order valence-corrected chi connectivity index (χ4v) is 0.811. The fraction of sp³-hybridized carbons (Fsp3) is 0. The van der Waals surface area contributed by atoms with Gasteiger partial charge < -0.3 is 29.6 Å². The summed E-state index contributed by atoms with van der Waals surface area (Å²) in [5.41, 5.74) is 0. The van der Waals surface area contributed by atoms with Gasteiger partial charge in [-0.25, -0.2) is 0 Å². The van der Waals surface area contributed by atoms with Crippen LogP contribution in [0.15, 0.2) is 36.9 Å². The van der Waals surface area contributed by atoms with Crippen LogP contribution in [0, 0.1) is 0 Å². The maximum Gasteiger partial charge on any atom is 4.00 e. The number of aromatic nitrogens is 4. The molecule has 0 radical (unpaired) electrons. The Bertz CT molecular complexity index is 373. The zero-order valence-electron chi connectivity index (χ0n) is 9.36. The van der Waals surface area contributed by atoms with E-state index in [4.69, 9.17) is 0 Å². The molecule has 0 bridgehead atoms. The maximum absolute atomic E-state index is 9.76. The molecule has 0 saturated carbocycles. The average molecular weight is 300 g/mol. The van der Waals surface area contributed by atoms with E-state index in [1.807, 2.05) is 0 Å². The first kappa shape index (κ1) is 17.7. The average Bonchev–Trinajstić information content (AvgIpc) is 2.90. The third kappa shape index (κ3) is 8.43. The van der Waals surface area contributed by atoms with Crippen LogP contribution in [0.25, 0.3) is 0 Å². The van der Waals surface area contributed by atoms with Crippen LogP contribution in [0.4, 0.5) is 0 Å². The normalized spacial score (nSPS) is 8.63. The topological polar surface area (TPSA) is 146 Å². The molecule has 0 saturated heterocycles. The predicted molar refractivity (Wildman–Crippen MR) is 49.1 cm³/mol. The van der Waals surface area contributed by atoms with Crippen molar-refractivity contribution >= 4 is 14.6 Å². The third-order valence-electron chi connectivity index (χ3n) is 1.35. The van der Waals surface area contributed by atoms with E-state index in [0.29, 0.717) is 0 Å². The largest absolute Gasteiger partial charge is 4.00 e. The Morgan fingerprint density at radius 3 is 1.37 bits per heavy atom. The molecule has 0 fully saturated rings. The molecule has 2 heterocycles. The van der Waals surface area contributed by atoms with Crippen molar-refractivity contribution in [2.24, 2.45) is 0 Å². The van der Waals surface area contributed by atoms with Gasteiger partial charge in [0.25, 0.3) is 0 Å². The summed E-state index contributed by atoms with van der Waals surface area (Å²) in [7, 11) is -4.63. The Kier molecular flexibility index (Phi) is 8.95. The summed E-state index contributed by atoms with van der Waals surface area (Å²) in [6, 6.07) is 3.09. The Hall–Kier alpha value is -1.30. The number of hydrogen-bond donors (Lipinski definition) is 0. The molecular formula is C6H6B2N4O6Ti. The summed E-state index contributed by atoms with van der Waals surface area (Å²) in [5, 5.41) is 45.9. The molecule has 0 aliphatic carbocycles. The Morgan fingerprint density at radius 1 is 0.789 bits per heavy atom. The number of hydrogen-bond acceptors (Lipinski definition) is 8. The maximum atomic E-state index is 9.76. The van der Waals surface area contributed by atoms with Gasteiger partial charge in [0.1, 0.15) is 0 Å². The predicted octanol–water partition coefficient (Wildman–Crippen LogP) is -5.97. The van der Waals surface area contributed by atoms with Crippen molar-refractivity contribution in [2.75, 3.05) is 0 Å². The van der Waals surface area contributed by atoms with Crippen LogP contribution >= 0.6 is 0 Å². The van der Waals surface area contributed by atoms with E-state index in [1.54, 1.807) is 12.1 Å². The molecule has 2 rings (SSSR count). The van der Waals surface area contributed by atoms with Crippen molar-refractivity contribution < 1.29 is 51.3 Å². The number of nitrogens with zero attached hydrogens (tertiary/aromatic N) is 4. The fourth-order valence-electron chi connectivity index (χ4n) is 0.811. The molecule has 0 unspecified atom stereocenters. The monoisotopic (exact) mass is 300 g/mol. The van der Waals surface area contributed by atoms with Gasteiger partial charge in [0.15, 0.2) is 14.6 Å². The van der Waals surface area contributed by atoms with E-state index in [1.165, 1.54) is 24.8 Å². The summed E-state index contributed by atoms with van der Waals surface area (Å²) >= 11 is 0. The summed E-state index contributed by atoms with van der Waals surface area (Å²) < 4.78 is 8.10. The molecule has 0 atom stereocenters. The summed E-state index contributed by atoms with van der Waals surface area (Å²) in [6.45, 7) is 0. The molecule has 0 N–H and O–H groups in total. The van der Waals surface area contributed by atoms with Crippen molar-refractivity contribution in [3.05, 3.63) is 36.9 Å². The Morgan fingerprint density at radius 2 is 1.16 bits per heavy atom. The Labute approximate surface area is 123 Å². The van der Waals surface area contributed by atoms with Crippen LogP contribution < -0.4 is 29.6 Å². The van der Waals surface area contributed by atoms with Crippen molar-refractivity contribution in [3.8, 4) is 0 Å². The second-order valence-corrected chi connectivity index (χ2v) is 2.61. The van der Waals surface area contributed by atoms with E-state index in [9.17, 15) is 20.1 Å². The first-order valence-electron chi connectivity index (χ1n) is 4.55. The standard InChI is InChI=1S/2C3H3BN2O3.Ti/c2*7-4(8)9-6-3-1-2-5-6;/h2*1-3H;/q2*-2;+4. The quantitative estimate of drug-likeness (QED) is 0.507. The molecule has 10 nitrogen and oxygen atoms in total. The zero-order chi connectivity index (χ0) is 13.4. The molecule has 19 heavy (non-hydrogen) atoms. The van der Waals surface area contributed by atoms with Crippen LogP contribution in [-0.2, 0) is 21.7 Å². The van der Waals surface area contributed by atoms with Crippen LogP contribution in [0.2, 0.25) is 0 Å².